The molecule has 0 spiro atoms. The monoisotopic (exact) mass is 525 g/mol. The molecule has 4 rings (SSSR count). The van der Waals surface area contributed by atoms with Gasteiger partial charge in [-0.15, -0.1) is 0 Å². The van der Waals surface area contributed by atoms with Crippen molar-refractivity contribution in [1.29, 1.82) is 0 Å². The molecule has 1 unspecified atom stereocenters. The lowest BCUT2D eigenvalue weighted by Crippen LogP contribution is -2.40. The van der Waals surface area contributed by atoms with E-state index in [-0.39, 0.29) is 18.4 Å². The third kappa shape index (κ3) is 7.82. The first-order valence-corrected chi connectivity index (χ1v) is 13.8. The van der Waals surface area contributed by atoms with Crippen molar-refractivity contribution in [2.75, 3.05) is 13.1 Å². The van der Waals surface area contributed by atoms with Gasteiger partial charge < -0.3 is 14.4 Å². The molecule has 0 aliphatic carbocycles. The van der Waals surface area contributed by atoms with Gasteiger partial charge in [-0.25, -0.2) is 4.79 Å². The quantitative estimate of drug-likeness (QED) is 0.220. The number of rotatable bonds is 9. The standard InChI is InChI=1S/C34H39NO4/c1-25(2)28-18-15-26(16-19-28)17-20-32(36)35-21-9-13-30(23-35)29-12-8-14-31(22-29)39-34(3,4)33(37)38-24-27-10-6-5-7-11-27/h5-8,10-12,14-20,22,25,30H,9,13,21,23-24H2,1-4H3. The average Bonchev–Trinajstić information content (AvgIpc) is 2.95. The van der Waals surface area contributed by atoms with E-state index in [0.29, 0.717) is 18.2 Å². The molecule has 5 heteroatoms. The SMILES string of the molecule is CC(C)c1ccc(C=CC(=O)N2CCCC(c3cccc(OC(C)(C)C(=O)OCc4ccccc4)c3)C2)cc1. The molecule has 1 aliphatic heterocycles. The number of nitrogens with zero attached hydrogens (tertiary/aromatic N) is 1. The molecule has 1 saturated heterocycles. The maximum absolute atomic E-state index is 13.0. The van der Waals surface area contributed by atoms with Crippen molar-refractivity contribution in [3.05, 3.63) is 107 Å². The maximum Gasteiger partial charge on any atom is 0.350 e. The Bertz CT molecular complexity index is 1280. The summed E-state index contributed by atoms with van der Waals surface area (Å²) in [5.74, 6) is 0.915. The molecule has 0 saturated carbocycles. The van der Waals surface area contributed by atoms with Gasteiger partial charge in [0.25, 0.3) is 0 Å². The number of carbonyl (C=O) groups is 2. The topological polar surface area (TPSA) is 55.8 Å². The van der Waals surface area contributed by atoms with E-state index in [1.165, 1.54) is 5.56 Å². The zero-order valence-electron chi connectivity index (χ0n) is 23.4. The van der Waals surface area contributed by atoms with Crippen LogP contribution in [0.2, 0.25) is 0 Å². The highest BCUT2D eigenvalue weighted by molar-refractivity contribution is 5.91. The molecule has 204 valence electrons. The fourth-order valence-electron chi connectivity index (χ4n) is 4.78. The van der Waals surface area contributed by atoms with Crippen molar-refractivity contribution < 1.29 is 19.1 Å². The molecular weight excluding hydrogens is 486 g/mol. The molecule has 0 N–H and O–H groups in total. The van der Waals surface area contributed by atoms with Gasteiger partial charge in [-0.1, -0.05) is 80.6 Å². The summed E-state index contributed by atoms with van der Waals surface area (Å²) in [6.45, 7) is 9.39. The third-order valence-electron chi connectivity index (χ3n) is 7.16. The van der Waals surface area contributed by atoms with Crippen molar-refractivity contribution in [2.24, 2.45) is 0 Å². The van der Waals surface area contributed by atoms with E-state index >= 15 is 0 Å². The van der Waals surface area contributed by atoms with Crippen molar-refractivity contribution in [3.8, 4) is 5.75 Å². The van der Waals surface area contributed by atoms with Crippen LogP contribution in [0.4, 0.5) is 0 Å². The Morgan fingerprint density at radius 2 is 1.74 bits per heavy atom. The van der Waals surface area contributed by atoms with Crippen LogP contribution in [0.15, 0.2) is 84.9 Å². The van der Waals surface area contributed by atoms with Gasteiger partial charge in [0.15, 0.2) is 5.60 Å². The highest BCUT2D eigenvalue weighted by Crippen LogP contribution is 2.31. The van der Waals surface area contributed by atoms with E-state index in [9.17, 15) is 9.59 Å². The molecule has 5 nitrogen and oxygen atoms in total. The fraction of sp³-hybridized carbons (Fsp3) is 0.353. The molecule has 1 heterocycles. The normalized spacial score (nSPS) is 15.9. The second-order valence-corrected chi connectivity index (χ2v) is 11.0. The Morgan fingerprint density at radius 1 is 1.00 bits per heavy atom. The van der Waals surface area contributed by atoms with Crippen LogP contribution in [0, 0.1) is 0 Å². The van der Waals surface area contributed by atoms with Crippen LogP contribution in [0.25, 0.3) is 6.08 Å². The van der Waals surface area contributed by atoms with E-state index in [4.69, 9.17) is 9.47 Å². The van der Waals surface area contributed by atoms with Crippen molar-refractivity contribution in [2.45, 2.75) is 64.6 Å². The minimum atomic E-state index is -1.14. The zero-order valence-corrected chi connectivity index (χ0v) is 23.4. The fourth-order valence-corrected chi connectivity index (χ4v) is 4.78. The Balaban J connectivity index is 1.35. The van der Waals surface area contributed by atoms with E-state index < -0.39 is 11.6 Å². The first-order valence-electron chi connectivity index (χ1n) is 13.8. The van der Waals surface area contributed by atoms with E-state index in [1.807, 2.05) is 59.5 Å². The van der Waals surface area contributed by atoms with Gasteiger partial charge in [0.1, 0.15) is 12.4 Å². The summed E-state index contributed by atoms with van der Waals surface area (Å²) in [5, 5.41) is 0. The summed E-state index contributed by atoms with van der Waals surface area (Å²) >= 11 is 0. The Kier molecular flexibility index (Phi) is 9.23. The zero-order chi connectivity index (χ0) is 27.8. The van der Waals surface area contributed by atoms with Crippen LogP contribution in [0.1, 0.15) is 74.6 Å². The van der Waals surface area contributed by atoms with Crippen LogP contribution in [0.3, 0.4) is 0 Å². The third-order valence-corrected chi connectivity index (χ3v) is 7.16. The van der Waals surface area contributed by atoms with Crippen molar-refractivity contribution in [3.63, 3.8) is 0 Å². The lowest BCUT2D eigenvalue weighted by Gasteiger charge is -2.33. The maximum atomic E-state index is 13.0. The molecule has 1 atom stereocenters. The molecule has 39 heavy (non-hydrogen) atoms. The van der Waals surface area contributed by atoms with E-state index in [0.717, 1.165) is 36.1 Å². The van der Waals surface area contributed by atoms with Crippen LogP contribution in [0.5, 0.6) is 5.75 Å². The van der Waals surface area contributed by atoms with Crippen molar-refractivity contribution >= 4 is 18.0 Å². The summed E-state index contributed by atoms with van der Waals surface area (Å²) < 4.78 is 11.6. The minimum absolute atomic E-state index is 0.0299. The molecule has 3 aromatic rings. The van der Waals surface area contributed by atoms with E-state index in [2.05, 4.69) is 44.2 Å². The van der Waals surface area contributed by atoms with Gasteiger partial charge in [0.05, 0.1) is 0 Å². The number of esters is 1. The Labute approximate surface area is 232 Å². The van der Waals surface area contributed by atoms with Crippen LogP contribution in [-0.2, 0) is 20.9 Å². The first-order chi connectivity index (χ1) is 18.7. The van der Waals surface area contributed by atoms with Gasteiger partial charge in [-0.05, 0) is 73.1 Å². The lowest BCUT2D eigenvalue weighted by atomic mass is 9.90. The van der Waals surface area contributed by atoms with Gasteiger partial charge >= 0.3 is 5.97 Å². The van der Waals surface area contributed by atoms with Gasteiger partial charge in [0.2, 0.25) is 5.91 Å². The summed E-state index contributed by atoms with van der Waals surface area (Å²) in [6, 6.07) is 25.8. The number of ether oxygens (including phenoxy) is 2. The molecule has 0 radical (unpaired) electrons. The molecule has 0 aromatic heterocycles. The van der Waals surface area contributed by atoms with Gasteiger partial charge in [0, 0.05) is 25.1 Å². The predicted octanol–water partition coefficient (Wildman–Crippen LogP) is 7.13. The number of hydrogen-bond donors (Lipinski definition) is 0. The highest BCUT2D eigenvalue weighted by Gasteiger charge is 2.32. The van der Waals surface area contributed by atoms with E-state index in [1.54, 1.807) is 19.9 Å². The summed E-state index contributed by atoms with van der Waals surface area (Å²) in [6.07, 6.45) is 5.51. The van der Waals surface area contributed by atoms with Crippen LogP contribution in [-0.4, -0.2) is 35.5 Å². The summed E-state index contributed by atoms with van der Waals surface area (Å²) in [5.41, 5.74) is 3.21. The summed E-state index contributed by atoms with van der Waals surface area (Å²) in [4.78, 5) is 27.7. The highest BCUT2D eigenvalue weighted by atomic mass is 16.6. The number of likely N-dealkylation sites (tertiary alicyclic amines) is 1. The first kappa shape index (κ1) is 28.2. The van der Waals surface area contributed by atoms with Crippen LogP contribution < -0.4 is 4.74 Å². The Morgan fingerprint density at radius 3 is 2.46 bits per heavy atom. The predicted molar refractivity (Wildman–Crippen MR) is 156 cm³/mol. The molecule has 1 aliphatic rings. The van der Waals surface area contributed by atoms with Gasteiger partial charge in [-0.2, -0.15) is 0 Å². The summed E-state index contributed by atoms with van der Waals surface area (Å²) in [7, 11) is 0. The number of amides is 1. The lowest BCUT2D eigenvalue weighted by molar-refractivity contribution is -0.160. The smallest absolute Gasteiger partial charge is 0.350 e. The molecular formula is C34H39NO4. The number of piperidine rings is 1. The molecule has 1 amide bonds. The number of hydrogen-bond acceptors (Lipinski definition) is 4. The van der Waals surface area contributed by atoms with Crippen LogP contribution >= 0.6 is 0 Å². The molecule has 3 aromatic carbocycles. The second kappa shape index (κ2) is 12.8. The number of carbonyl (C=O) groups excluding carboxylic acids is 2. The minimum Gasteiger partial charge on any atom is -0.476 e. The van der Waals surface area contributed by atoms with Gasteiger partial charge in [-0.3, -0.25) is 4.79 Å². The average molecular weight is 526 g/mol. The van der Waals surface area contributed by atoms with Crippen molar-refractivity contribution in [1.82, 2.24) is 4.90 Å². The largest absolute Gasteiger partial charge is 0.476 e. The Hall–Kier alpha value is -3.86. The number of benzene rings is 3. The molecule has 0 bridgehead atoms. The molecule has 1 fully saturated rings. The second-order valence-electron chi connectivity index (χ2n) is 11.0.